The summed E-state index contributed by atoms with van der Waals surface area (Å²) in [6.07, 6.45) is 19.9. The minimum absolute atomic E-state index is 0.0584. The summed E-state index contributed by atoms with van der Waals surface area (Å²) in [5, 5.41) is 20.1. The normalized spacial score (nSPS) is 33.1. The Kier molecular flexibility index (Phi) is 9.47. The predicted octanol–water partition coefficient (Wildman–Crippen LogP) is 6.62. The predicted molar refractivity (Wildman–Crippen MR) is 148 cm³/mol. The van der Waals surface area contributed by atoms with E-state index in [1.54, 1.807) is 18.2 Å². The summed E-state index contributed by atoms with van der Waals surface area (Å²) in [6, 6.07) is 0. The van der Waals surface area contributed by atoms with E-state index < -0.39 is 23.0 Å². The van der Waals surface area contributed by atoms with E-state index in [0.29, 0.717) is 25.7 Å². The van der Waals surface area contributed by atoms with Crippen LogP contribution in [0.15, 0.2) is 71.9 Å². The van der Waals surface area contributed by atoms with Crippen LogP contribution >= 0.6 is 0 Å². The van der Waals surface area contributed by atoms with Crippen molar-refractivity contribution in [2.75, 3.05) is 0 Å². The van der Waals surface area contributed by atoms with Crippen LogP contribution in [0.2, 0.25) is 0 Å². The van der Waals surface area contributed by atoms with Crippen molar-refractivity contribution in [2.45, 2.75) is 93.3 Å². The Bertz CT molecular complexity index is 1020. The van der Waals surface area contributed by atoms with E-state index in [9.17, 15) is 19.8 Å². The largest absolute Gasteiger partial charge is 0.393 e. The molecule has 4 nitrogen and oxygen atoms in total. The number of carbonyl (C=O) groups excluding carboxylic acids is 2. The molecule has 0 heterocycles. The van der Waals surface area contributed by atoms with E-state index in [2.05, 4.69) is 27.7 Å². The van der Waals surface area contributed by atoms with Gasteiger partial charge in [-0.1, -0.05) is 101 Å². The fourth-order valence-corrected chi connectivity index (χ4v) is 5.59. The van der Waals surface area contributed by atoms with Crippen LogP contribution in [0.3, 0.4) is 0 Å². The van der Waals surface area contributed by atoms with Crippen molar-refractivity contribution in [2.24, 2.45) is 21.7 Å². The first-order valence-electron chi connectivity index (χ1n) is 13.0. The first-order valence-corrected chi connectivity index (χ1v) is 13.0. The van der Waals surface area contributed by atoms with E-state index >= 15 is 0 Å². The highest BCUT2D eigenvalue weighted by molar-refractivity contribution is 5.96. The number of rotatable bonds is 9. The van der Waals surface area contributed by atoms with Crippen molar-refractivity contribution in [3.63, 3.8) is 0 Å². The number of hydrogen-bond acceptors (Lipinski definition) is 4. The summed E-state index contributed by atoms with van der Waals surface area (Å²) in [6.45, 7) is 16.1. The van der Waals surface area contributed by atoms with Crippen LogP contribution in [0.5, 0.6) is 0 Å². The maximum Gasteiger partial charge on any atom is 0.162 e. The van der Waals surface area contributed by atoms with Crippen LogP contribution in [0, 0.1) is 21.7 Å². The molecule has 2 aliphatic rings. The molecule has 0 saturated heterocycles. The monoisotopic (exact) mass is 494 g/mol. The van der Waals surface area contributed by atoms with Gasteiger partial charge in [0.15, 0.2) is 11.6 Å². The Balaban J connectivity index is 1.91. The Labute approximate surface area is 218 Å². The van der Waals surface area contributed by atoms with Gasteiger partial charge in [0.05, 0.1) is 12.2 Å². The molecule has 0 spiro atoms. The number of aliphatic hydroxyl groups is 2. The molecule has 0 aromatic rings. The van der Waals surface area contributed by atoms with Crippen molar-refractivity contribution in [3.8, 4) is 0 Å². The van der Waals surface area contributed by atoms with Gasteiger partial charge in [0, 0.05) is 10.8 Å². The van der Waals surface area contributed by atoms with E-state index in [1.165, 1.54) is 0 Å². The molecule has 2 saturated carbocycles. The maximum atomic E-state index is 12.9. The molecule has 0 aromatic heterocycles. The van der Waals surface area contributed by atoms with Gasteiger partial charge in [0.1, 0.15) is 0 Å². The molecule has 4 heteroatoms. The van der Waals surface area contributed by atoms with Crippen LogP contribution in [0.4, 0.5) is 0 Å². The zero-order chi connectivity index (χ0) is 27.4. The minimum Gasteiger partial charge on any atom is -0.393 e. The fraction of sp³-hybridized carbons (Fsp3) is 0.562. The standard InChI is InChI=1S/C32H46O4/c1-23(13-10-9-11-16-27(35)31(7)21-25(33)19-29(31,3)4)14-12-15-24(2)17-18-28(36)32(8)22-26(34)20-30(32,5)6/h9-18,25-26,33-34H,19-22H2,1-8H3/b10-9+,14-12+,16-11+,18-17+,23-13+,24-15+/t25-,26-,31-,32-/m0/s1. The number of allylic oxidation sites excluding steroid dienone is 12. The van der Waals surface area contributed by atoms with Crippen molar-refractivity contribution in [1.29, 1.82) is 0 Å². The van der Waals surface area contributed by atoms with Gasteiger partial charge < -0.3 is 10.2 Å². The highest BCUT2D eigenvalue weighted by atomic mass is 16.3. The molecule has 198 valence electrons. The Hall–Kier alpha value is -2.30. The summed E-state index contributed by atoms with van der Waals surface area (Å²) in [7, 11) is 0. The molecule has 0 bridgehead atoms. The molecule has 36 heavy (non-hydrogen) atoms. The van der Waals surface area contributed by atoms with Gasteiger partial charge in [-0.3, -0.25) is 9.59 Å². The fourth-order valence-electron chi connectivity index (χ4n) is 5.59. The summed E-state index contributed by atoms with van der Waals surface area (Å²) in [5.41, 5.74) is 0.489. The molecule has 0 radical (unpaired) electrons. The summed E-state index contributed by atoms with van der Waals surface area (Å²) in [5.74, 6) is 0.123. The topological polar surface area (TPSA) is 74.6 Å². The lowest BCUT2D eigenvalue weighted by atomic mass is 9.66. The summed E-state index contributed by atoms with van der Waals surface area (Å²) >= 11 is 0. The Morgan fingerprint density at radius 1 is 0.583 bits per heavy atom. The van der Waals surface area contributed by atoms with Crippen LogP contribution in [-0.4, -0.2) is 34.0 Å². The van der Waals surface area contributed by atoms with Gasteiger partial charge in [0.2, 0.25) is 0 Å². The minimum atomic E-state index is -0.546. The lowest BCUT2D eigenvalue weighted by Crippen LogP contribution is -2.36. The van der Waals surface area contributed by atoms with Crippen LogP contribution in [-0.2, 0) is 9.59 Å². The third kappa shape index (κ3) is 6.72. The van der Waals surface area contributed by atoms with E-state index in [0.717, 1.165) is 11.1 Å². The zero-order valence-electron chi connectivity index (χ0n) is 23.5. The molecular weight excluding hydrogens is 448 g/mol. The Morgan fingerprint density at radius 3 is 1.50 bits per heavy atom. The highest BCUT2D eigenvalue weighted by Gasteiger charge is 2.53. The maximum absolute atomic E-state index is 12.9. The first kappa shape index (κ1) is 29.9. The molecule has 4 atom stereocenters. The molecule has 0 unspecified atom stereocenters. The van der Waals surface area contributed by atoms with Gasteiger partial charge in [-0.05, 0) is 62.5 Å². The molecule has 0 aliphatic heterocycles. The first-order chi connectivity index (χ1) is 16.5. The molecule has 2 aliphatic carbocycles. The van der Waals surface area contributed by atoms with Crippen LogP contribution in [0.25, 0.3) is 0 Å². The highest BCUT2D eigenvalue weighted by Crippen LogP contribution is 2.54. The lowest BCUT2D eigenvalue weighted by Gasteiger charge is -2.35. The molecule has 2 fully saturated rings. The van der Waals surface area contributed by atoms with Gasteiger partial charge >= 0.3 is 0 Å². The van der Waals surface area contributed by atoms with Crippen LogP contribution < -0.4 is 0 Å². The quantitative estimate of drug-likeness (QED) is 0.279. The second-order valence-electron chi connectivity index (χ2n) is 12.5. The second-order valence-corrected chi connectivity index (χ2v) is 12.5. The molecule has 2 N–H and O–H groups in total. The van der Waals surface area contributed by atoms with Crippen molar-refractivity contribution in [1.82, 2.24) is 0 Å². The number of aliphatic hydroxyl groups excluding tert-OH is 2. The van der Waals surface area contributed by atoms with Gasteiger partial charge in [-0.15, -0.1) is 0 Å². The average molecular weight is 495 g/mol. The molecule has 0 amide bonds. The third-order valence-corrected chi connectivity index (χ3v) is 8.90. The SMILES string of the molecule is CC(/C=C/C=C(C)/C=C/C(=O)[C@]1(C)C[C@@H](O)CC1(C)C)=C\C=C\C=C\C(=O)[C@]1(C)C[C@@H](O)CC1(C)C. The zero-order valence-corrected chi connectivity index (χ0v) is 23.5. The van der Waals surface area contributed by atoms with E-state index in [1.807, 2.05) is 70.2 Å². The number of hydrogen-bond donors (Lipinski definition) is 2. The van der Waals surface area contributed by atoms with Crippen molar-refractivity contribution < 1.29 is 19.8 Å². The molecule has 0 aromatic carbocycles. The van der Waals surface area contributed by atoms with Gasteiger partial charge in [0.25, 0.3) is 0 Å². The molecule has 2 rings (SSSR count). The van der Waals surface area contributed by atoms with Crippen molar-refractivity contribution >= 4 is 11.6 Å². The van der Waals surface area contributed by atoms with Gasteiger partial charge in [-0.2, -0.15) is 0 Å². The smallest absolute Gasteiger partial charge is 0.162 e. The van der Waals surface area contributed by atoms with Crippen LogP contribution in [0.1, 0.15) is 81.1 Å². The third-order valence-electron chi connectivity index (χ3n) is 8.90. The van der Waals surface area contributed by atoms with Crippen molar-refractivity contribution in [3.05, 3.63) is 71.9 Å². The number of carbonyl (C=O) groups is 2. The Morgan fingerprint density at radius 2 is 1.03 bits per heavy atom. The van der Waals surface area contributed by atoms with E-state index in [4.69, 9.17) is 0 Å². The average Bonchev–Trinajstić information content (AvgIpc) is 3.10. The summed E-state index contributed by atoms with van der Waals surface area (Å²) < 4.78 is 0. The lowest BCUT2D eigenvalue weighted by molar-refractivity contribution is -0.128. The van der Waals surface area contributed by atoms with Gasteiger partial charge in [-0.25, -0.2) is 0 Å². The molecular formula is C32H46O4. The summed E-state index contributed by atoms with van der Waals surface area (Å²) in [4.78, 5) is 25.6. The number of ketones is 2. The second kappa shape index (κ2) is 11.4. The van der Waals surface area contributed by atoms with E-state index in [-0.39, 0.29) is 22.4 Å².